The molecule has 1 aromatic rings. The predicted molar refractivity (Wildman–Crippen MR) is 110 cm³/mol. The average Bonchev–Trinajstić information content (AvgIpc) is 3.40. The lowest BCUT2D eigenvalue weighted by Gasteiger charge is -2.46. The van der Waals surface area contributed by atoms with E-state index in [-0.39, 0.29) is 0 Å². The number of aliphatic imine (C=N–C) groups is 1. The monoisotopic (exact) mass is 351 g/mol. The van der Waals surface area contributed by atoms with E-state index >= 15 is 0 Å². The fourth-order valence-electron chi connectivity index (χ4n) is 6.32. The van der Waals surface area contributed by atoms with Gasteiger partial charge in [0, 0.05) is 23.7 Å². The van der Waals surface area contributed by atoms with E-state index in [0.29, 0.717) is 11.5 Å². The molecule has 5 rings (SSSR count). The molecule has 2 heterocycles. The van der Waals surface area contributed by atoms with Gasteiger partial charge in [-0.25, -0.2) is 0 Å². The highest BCUT2D eigenvalue weighted by Gasteiger charge is 2.50. The fraction of sp³-hybridized carbons (Fsp3) is 0.696. The van der Waals surface area contributed by atoms with Gasteiger partial charge in [-0.05, 0) is 83.1 Å². The zero-order valence-corrected chi connectivity index (χ0v) is 16.1. The van der Waals surface area contributed by atoms with E-state index in [1.807, 2.05) is 0 Å². The Morgan fingerprint density at radius 3 is 2.62 bits per heavy atom. The Morgan fingerprint density at radius 2 is 1.77 bits per heavy atom. The second kappa shape index (κ2) is 6.99. The molecule has 2 aliphatic heterocycles. The van der Waals surface area contributed by atoms with E-state index in [9.17, 15) is 0 Å². The second-order valence-corrected chi connectivity index (χ2v) is 8.90. The summed E-state index contributed by atoms with van der Waals surface area (Å²) in [6, 6.07) is 8.98. The van der Waals surface area contributed by atoms with Crippen LogP contribution in [0, 0.1) is 5.92 Å². The van der Waals surface area contributed by atoms with Crippen molar-refractivity contribution in [3.05, 3.63) is 24.3 Å². The van der Waals surface area contributed by atoms with Crippen LogP contribution in [0.3, 0.4) is 0 Å². The van der Waals surface area contributed by atoms with Gasteiger partial charge in [-0.3, -0.25) is 4.99 Å². The van der Waals surface area contributed by atoms with E-state index in [4.69, 9.17) is 4.99 Å². The van der Waals surface area contributed by atoms with Crippen LogP contribution in [0.15, 0.2) is 29.3 Å². The quantitative estimate of drug-likeness (QED) is 0.744. The van der Waals surface area contributed by atoms with Gasteiger partial charge in [-0.15, -0.1) is 0 Å². The molecule has 140 valence electrons. The first kappa shape index (κ1) is 16.8. The van der Waals surface area contributed by atoms with Gasteiger partial charge in [0.2, 0.25) is 0 Å². The molecule has 3 heteroatoms. The first-order valence-electron chi connectivity index (χ1n) is 11.0. The van der Waals surface area contributed by atoms with Crippen LogP contribution in [-0.4, -0.2) is 42.3 Å². The lowest BCUT2D eigenvalue weighted by Crippen LogP contribution is -2.53. The fourth-order valence-corrected chi connectivity index (χ4v) is 6.32. The minimum absolute atomic E-state index is 0.354. The maximum atomic E-state index is 5.22. The van der Waals surface area contributed by atoms with Crippen LogP contribution in [0.25, 0.3) is 0 Å². The number of rotatable bonds is 4. The van der Waals surface area contributed by atoms with E-state index in [2.05, 4.69) is 34.1 Å². The summed E-state index contributed by atoms with van der Waals surface area (Å²) in [6.45, 7) is 5.11. The lowest BCUT2D eigenvalue weighted by molar-refractivity contribution is 0.294. The molecule has 2 saturated carbocycles. The lowest BCUT2D eigenvalue weighted by atomic mass is 9.78. The molecular formula is C23H33N3. The minimum Gasteiger partial charge on any atom is -0.363 e. The van der Waals surface area contributed by atoms with E-state index < -0.39 is 0 Å². The Balaban J connectivity index is 1.47. The van der Waals surface area contributed by atoms with Crippen molar-refractivity contribution < 1.29 is 0 Å². The van der Waals surface area contributed by atoms with E-state index in [1.165, 1.54) is 107 Å². The van der Waals surface area contributed by atoms with Crippen LogP contribution in [-0.2, 0) is 0 Å². The highest BCUT2D eigenvalue weighted by Crippen LogP contribution is 2.52. The average molecular weight is 352 g/mol. The molecule has 1 aromatic carbocycles. The van der Waals surface area contributed by atoms with Crippen molar-refractivity contribution in [1.82, 2.24) is 4.90 Å². The number of para-hydroxylation sites is 2. The maximum Gasteiger partial charge on any atom is 0.0862 e. The molecule has 0 amide bonds. The number of nitrogens with zero attached hydrogens (tertiary/aromatic N) is 3. The molecule has 2 aliphatic carbocycles. The maximum absolute atomic E-state index is 5.22. The van der Waals surface area contributed by atoms with Crippen LogP contribution >= 0.6 is 0 Å². The van der Waals surface area contributed by atoms with Crippen LogP contribution in [0.2, 0.25) is 0 Å². The third-order valence-electron chi connectivity index (χ3n) is 7.47. The SMILES string of the molecule is c1ccc2c(c1)N=C1CCCC1C1(CCCC1)N2CCCN1CCCC1. The molecule has 0 N–H and O–H groups in total. The number of likely N-dealkylation sites (tertiary alicyclic amines) is 1. The van der Waals surface area contributed by atoms with Gasteiger partial charge in [0.25, 0.3) is 0 Å². The zero-order chi connectivity index (χ0) is 17.4. The first-order chi connectivity index (χ1) is 12.9. The standard InChI is InChI=1S/C23H33N3/c1-2-12-22-21(10-1)24-20-11-7-9-19(20)23(13-3-4-14-23)26(22)18-8-17-25-15-5-6-16-25/h1-2,10,12,19H,3-9,11,13-18H2. The van der Waals surface area contributed by atoms with Gasteiger partial charge in [-0.1, -0.05) is 25.0 Å². The summed E-state index contributed by atoms with van der Waals surface area (Å²) in [5, 5.41) is 0. The molecule has 1 atom stereocenters. The Labute approximate surface area is 158 Å². The summed E-state index contributed by atoms with van der Waals surface area (Å²) in [4.78, 5) is 10.7. The Hall–Kier alpha value is -1.35. The predicted octanol–water partition coefficient (Wildman–Crippen LogP) is 5.18. The van der Waals surface area contributed by atoms with Crippen molar-refractivity contribution in [2.24, 2.45) is 10.9 Å². The van der Waals surface area contributed by atoms with Gasteiger partial charge >= 0.3 is 0 Å². The summed E-state index contributed by atoms with van der Waals surface area (Å²) in [7, 11) is 0. The van der Waals surface area contributed by atoms with E-state index in [0.717, 1.165) is 0 Å². The van der Waals surface area contributed by atoms with Crippen LogP contribution in [0.5, 0.6) is 0 Å². The molecule has 0 aromatic heterocycles. The molecule has 3 fully saturated rings. The van der Waals surface area contributed by atoms with Gasteiger partial charge in [0.15, 0.2) is 0 Å². The normalized spacial score (nSPS) is 27.5. The molecule has 1 unspecified atom stereocenters. The third-order valence-corrected chi connectivity index (χ3v) is 7.47. The Bertz CT molecular complexity index is 668. The van der Waals surface area contributed by atoms with Gasteiger partial charge in [-0.2, -0.15) is 0 Å². The number of fused-ring (bicyclic) bond motifs is 3. The summed E-state index contributed by atoms with van der Waals surface area (Å²) >= 11 is 0. The van der Waals surface area contributed by atoms with Crippen molar-refractivity contribution >= 4 is 17.1 Å². The molecule has 0 radical (unpaired) electrons. The van der Waals surface area contributed by atoms with E-state index in [1.54, 1.807) is 0 Å². The van der Waals surface area contributed by atoms with Crippen molar-refractivity contribution in [3.8, 4) is 0 Å². The van der Waals surface area contributed by atoms with Gasteiger partial charge in [0.1, 0.15) is 0 Å². The highest BCUT2D eigenvalue weighted by molar-refractivity contribution is 5.95. The molecule has 4 aliphatic rings. The Kier molecular flexibility index (Phi) is 4.52. The summed E-state index contributed by atoms with van der Waals surface area (Å²) < 4.78 is 0. The smallest absolute Gasteiger partial charge is 0.0862 e. The topological polar surface area (TPSA) is 18.8 Å². The zero-order valence-electron chi connectivity index (χ0n) is 16.1. The van der Waals surface area contributed by atoms with Crippen molar-refractivity contribution in [2.75, 3.05) is 31.1 Å². The third kappa shape index (κ3) is 2.79. The van der Waals surface area contributed by atoms with Crippen molar-refractivity contribution in [2.45, 2.75) is 69.7 Å². The van der Waals surface area contributed by atoms with Crippen molar-refractivity contribution in [1.29, 1.82) is 0 Å². The number of hydrogen-bond acceptors (Lipinski definition) is 3. The Morgan fingerprint density at radius 1 is 0.962 bits per heavy atom. The van der Waals surface area contributed by atoms with Crippen LogP contribution in [0.1, 0.15) is 64.2 Å². The van der Waals surface area contributed by atoms with Crippen LogP contribution in [0.4, 0.5) is 11.4 Å². The van der Waals surface area contributed by atoms with Gasteiger partial charge in [0.05, 0.1) is 11.4 Å². The first-order valence-corrected chi connectivity index (χ1v) is 11.0. The molecular weight excluding hydrogens is 318 g/mol. The molecule has 1 saturated heterocycles. The minimum atomic E-state index is 0.354. The number of benzene rings is 1. The number of anilines is 1. The summed E-state index contributed by atoms with van der Waals surface area (Å²) in [5.41, 5.74) is 4.52. The van der Waals surface area contributed by atoms with Crippen molar-refractivity contribution in [3.63, 3.8) is 0 Å². The largest absolute Gasteiger partial charge is 0.363 e. The molecule has 3 nitrogen and oxygen atoms in total. The van der Waals surface area contributed by atoms with Gasteiger partial charge < -0.3 is 9.80 Å². The highest BCUT2D eigenvalue weighted by atomic mass is 15.2. The summed E-state index contributed by atoms with van der Waals surface area (Å²) in [6.07, 6.45) is 13.5. The second-order valence-electron chi connectivity index (χ2n) is 8.90. The number of hydrogen-bond donors (Lipinski definition) is 0. The molecule has 0 bridgehead atoms. The summed E-state index contributed by atoms with van der Waals surface area (Å²) in [5.74, 6) is 0.698. The van der Waals surface area contributed by atoms with Crippen LogP contribution < -0.4 is 4.90 Å². The molecule has 1 spiro atoms. The molecule has 26 heavy (non-hydrogen) atoms.